The molecule has 0 amide bonds. The summed E-state index contributed by atoms with van der Waals surface area (Å²) in [5.74, 6) is -0.0771. The quantitative estimate of drug-likeness (QED) is 0.514. The molecule has 0 heterocycles. The Bertz CT molecular complexity index is 1240. The molecule has 0 saturated carbocycles. The molecule has 2 aromatic carbocycles. The van der Waals surface area contributed by atoms with Gasteiger partial charge in [-0.25, -0.2) is 4.57 Å². The predicted molar refractivity (Wildman–Crippen MR) is 125 cm³/mol. The maximum Gasteiger partial charge on any atom is 0.376 e. The maximum atomic E-state index is 13.6. The first-order valence-electron chi connectivity index (χ1n) is 10.7. The molecular formula is C26H27O6P. The number of Topliss-reactive ketones (excluding diaryl/α,β-unsaturated/α-hetero) is 1. The summed E-state index contributed by atoms with van der Waals surface area (Å²) in [6.45, 7) is 6.83. The Morgan fingerprint density at radius 3 is 2.36 bits per heavy atom. The first kappa shape index (κ1) is 23.2. The SMILES string of the molecule is COc1ccc2c(c1)C1(C)C=CC(=O)C(C)(C)C1=C(OP(C)(=O)OCc1ccccc1)C2=O. The Hall–Kier alpha value is -2.95. The van der Waals surface area contributed by atoms with E-state index >= 15 is 0 Å². The minimum Gasteiger partial charge on any atom is -0.497 e. The monoisotopic (exact) mass is 466 g/mol. The van der Waals surface area contributed by atoms with Gasteiger partial charge in [-0.2, -0.15) is 0 Å². The van der Waals surface area contributed by atoms with Crippen molar-refractivity contribution in [1.82, 2.24) is 0 Å². The van der Waals surface area contributed by atoms with Crippen LogP contribution in [-0.2, 0) is 30.4 Å². The number of allylic oxidation sites excluding steroid dienone is 4. The van der Waals surface area contributed by atoms with E-state index in [2.05, 4.69) is 0 Å². The molecule has 6 nitrogen and oxygen atoms in total. The van der Waals surface area contributed by atoms with Crippen LogP contribution in [0.2, 0.25) is 0 Å². The molecule has 7 heteroatoms. The summed E-state index contributed by atoms with van der Waals surface area (Å²) in [6.07, 6.45) is 3.31. The van der Waals surface area contributed by atoms with Gasteiger partial charge in [-0.05, 0) is 56.2 Å². The molecule has 172 valence electrons. The van der Waals surface area contributed by atoms with Gasteiger partial charge in [0.2, 0.25) is 5.78 Å². The lowest BCUT2D eigenvalue weighted by Crippen LogP contribution is -2.45. The van der Waals surface area contributed by atoms with E-state index in [0.29, 0.717) is 22.4 Å². The lowest BCUT2D eigenvalue weighted by molar-refractivity contribution is -0.121. The van der Waals surface area contributed by atoms with Crippen molar-refractivity contribution in [3.8, 4) is 5.75 Å². The average molecular weight is 466 g/mol. The van der Waals surface area contributed by atoms with Gasteiger partial charge in [0.1, 0.15) is 5.75 Å². The summed E-state index contributed by atoms with van der Waals surface area (Å²) in [5, 5.41) is 0. The fourth-order valence-corrected chi connectivity index (χ4v) is 5.55. The van der Waals surface area contributed by atoms with Crippen molar-refractivity contribution < 1.29 is 27.9 Å². The first-order valence-corrected chi connectivity index (χ1v) is 12.7. The van der Waals surface area contributed by atoms with E-state index in [1.165, 1.54) is 12.7 Å². The van der Waals surface area contributed by atoms with Gasteiger partial charge in [0.05, 0.1) is 19.1 Å². The summed E-state index contributed by atoms with van der Waals surface area (Å²) in [5.41, 5.74) is 0.545. The summed E-state index contributed by atoms with van der Waals surface area (Å²) < 4.78 is 30.2. The lowest BCUT2D eigenvalue weighted by Gasteiger charge is -2.45. The Morgan fingerprint density at radius 2 is 1.70 bits per heavy atom. The molecule has 0 fully saturated rings. The third-order valence-corrected chi connectivity index (χ3v) is 7.47. The molecule has 2 aliphatic carbocycles. The molecule has 0 aromatic heterocycles. The molecule has 2 unspecified atom stereocenters. The van der Waals surface area contributed by atoms with E-state index in [1.807, 2.05) is 37.3 Å². The maximum absolute atomic E-state index is 13.6. The highest BCUT2D eigenvalue weighted by atomic mass is 31.2. The summed E-state index contributed by atoms with van der Waals surface area (Å²) >= 11 is 0. The number of carbonyl (C=O) groups is 2. The molecule has 0 spiro atoms. The zero-order valence-electron chi connectivity index (χ0n) is 19.4. The lowest BCUT2D eigenvalue weighted by atomic mass is 9.57. The zero-order valence-corrected chi connectivity index (χ0v) is 20.3. The second-order valence-electron chi connectivity index (χ2n) is 9.09. The molecule has 0 aliphatic heterocycles. The molecule has 0 N–H and O–H groups in total. The Labute approximate surface area is 193 Å². The van der Waals surface area contributed by atoms with Crippen molar-refractivity contribution in [1.29, 1.82) is 0 Å². The van der Waals surface area contributed by atoms with Gasteiger partial charge >= 0.3 is 7.60 Å². The first-order chi connectivity index (χ1) is 15.5. The topological polar surface area (TPSA) is 78.9 Å². The van der Waals surface area contributed by atoms with Crippen LogP contribution in [0.15, 0.2) is 72.0 Å². The molecular weight excluding hydrogens is 439 g/mol. The smallest absolute Gasteiger partial charge is 0.376 e. The van der Waals surface area contributed by atoms with Crippen LogP contribution < -0.4 is 4.74 Å². The van der Waals surface area contributed by atoms with Crippen molar-refractivity contribution in [2.45, 2.75) is 32.8 Å². The zero-order chi connectivity index (χ0) is 24.0. The number of carbonyl (C=O) groups excluding carboxylic acids is 2. The van der Waals surface area contributed by atoms with Crippen molar-refractivity contribution in [2.24, 2.45) is 5.41 Å². The van der Waals surface area contributed by atoms with Gasteiger partial charge in [-0.1, -0.05) is 36.4 Å². The fourth-order valence-electron chi connectivity index (χ4n) is 4.61. The van der Waals surface area contributed by atoms with Crippen LogP contribution in [-0.4, -0.2) is 25.3 Å². The molecule has 2 atom stereocenters. The van der Waals surface area contributed by atoms with Crippen molar-refractivity contribution in [3.05, 3.63) is 88.7 Å². The van der Waals surface area contributed by atoms with Gasteiger partial charge in [-0.3, -0.25) is 14.1 Å². The van der Waals surface area contributed by atoms with Crippen LogP contribution in [0.3, 0.4) is 0 Å². The molecule has 0 bridgehead atoms. The standard InChI is InChI=1S/C26H27O6P/c1-25(2)21(27)13-14-26(3)20-15-18(30-4)11-12-19(20)22(28)23(24(25)26)32-33(5,29)31-16-17-9-7-6-8-10-17/h6-15H,16H2,1-5H3. The minimum atomic E-state index is -3.70. The largest absolute Gasteiger partial charge is 0.497 e. The average Bonchev–Trinajstić information content (AvgIpc) is 2.79. The number of hydrogen-bond donors (Lipinski definition) is 0. The Morgan fingerprint density at radius 1 is 1.00 bits per heavy atom. The summed E-state index contributed by atoms with van der Waals surface area (Å²) in [6, 6.07) is 14.5. The van der Waals surface area contributed by atoms with E-state index in [9.17, 15) is 14.2 Å². The number of benzene rings is 2. The van der Waals surface area contributed by atoms with E-state index in [0.717, 1.165) is 5.56 Å². The van der Waals surface area contributed by atoms with Crippen LogP contribution in [0, 0.1) is 5.41 Å². The van der Waals surface area contributed by atoms with Crippen LogP contribution in [0.1, 0.15) is 42.3 Å². The number of rotatable bonds is 6. The third-order valence-electron chi connectivity index (χ3n) is 6.36. The fraction of sp³-hybridized carbons (Fsp3) is 0.308. The highest BCUT2D eigenvalue weighted by Crippen LogP contribution is 2.57. The Balaban J connectivity index is 1.82. The summed E-state index contributed by atoms with van der Waals surface area (Å²) in [7, 11) is -2.14. The number of methoxy groups -OCH3 is 1. The van der Waals surface area contributed by atoms with Gasteiger partial charge in [0.15, 0.2) is 11.5 Å². The predicted octanol–water partition coefficient (Wildman–Crippen LogP) is 5.62. The van der Waals surface area contributed by atoms with Gasteiger partial charge in [0.25, 0.3) is 0 Å². The van der Waals surface area contributed by atoms with Crippen LogP contribution in [0.25, 0.3) is 0 Å². The van der Waals surface area contributed by atoms with E-state index in [4.69, 9.17) is 13.8 Å². The minimum absolute atomic E-state index is 0.0682. The van der Waals surface area contributed by atoms with Crippen molar-refractivity contribution >= 4 is 19.2 Å². The second-order valence-corrected chi connectivity index (χ2v) is 11.1. The normalized spacial score (nSPS) is 22.9. The molecule has 2 aliphatic rings. The van der Waals surface area contributed by atoms with Gasteiger partial charge in [-0.15, -0.1) is 0 Å². The van der Waals surface area contributed by atoms with Crippen molar-refractivity contribution in [2.75, 3.05) is 13.8 Å². The summed E-state index contributed by atoms with van der Waals surface area (Å²) in [4.78, 5) is 26.5. The number of fused-ring (bicyclic) bond motifs is 3. The number of ether oxygens (including phenoxy) is 1. The van der Waals surface area contributed by atoms with E-state index in [1.54, 1.807) is 45.2 Å². The Kier molecular flexibility index (Phi) is 5.71. The highest BCUT2D eigenvalue weighted by Gasteiger charge is 2.53. The van der Waals surface area contributed by atoms with Crippen LogP contribution >= 0.6 is 7.60 Å². The van der Waals surface area contributed by atoms with Crippen LogP contribution in [0.5, 0.6) is 5.75 Å². The molecule has 2 aromatic rings. The van der Waals surface area contributed by atoms with Gasteiger partial charge < -0.3 is 9.26 Å². The highest BCUT2D eigenvalue weighted by molar-refractivity contribution is 7.53. The molecule has 0 saturated heterocycles. The number of ketones is 2. The van der Waals surface area contributed by atoms with E-state index < -0.39 is 24.2 Å². The van der Waals surface area contributed by atoms with Gasteiger partial charge in [0, 0.05) is 23.2 Å². The second kappa shape index (κ2) is 8.12. The van der Waals surface area contributed by atoms with E-state index in [-0.39, 0.29) is 18.1 Å². The molecule has 33 heavy (non-hydrogen) atoms. The van der Waals surface area contributed by atoms with Crippen molar-refractivity contribution in [3.63, 3.8) is 0 Å². The third kappa shape index (κ3) is 3.98. The van der Waals surface area contributed by atoms with Crippen LogP contribution in [0.4, 0.5) is 0 Å². The number of hydrogen-bond acceptors (Lipinski definition) is 6. The molecule has 0 radical (unpaired) electrons. The molecule has 4 rings (SSSR count).